The average molecular weight is 248 g/mol. The van der Waals surface area contributed by atoms with Crippen molar-refractivity contribution in [1.29, 1.82) is 0 Å². The maximum Gasteiger partial charge on any atom is 0.323 e. The molecular weight excluding hydrogens is 232 g/mol. The molecule has 1 amide bonds. The molecule has 96 valence electrons. The van der Waals surface area contributed by atoms with Crippen molar-refractivity contribution in [3.63, 3.8) is 0 Å². The standard InChI is InChI=1S/C13H16N2O3/c1-8-6-9(8)13(18)15(7-12(16)17)11-5-3-2-4-10(11)14/h2-5,8-9H,6-7,14H2,1H3,(H,16,17). The van der Waals surface area contributed by atoms with Crippen molar-refractivity contribution in [3.05, 3.63) is 24.3 Å². The van der Waals surface area contributed by atoms with Crippen LogP contribution in [0.1, 0.15) is 13.3 Å². The van der Waals surface area contributed by atoms with Crippen molar-refractivity contribution in [1.82, 2.24) is 0 Å². The van der Waals surface area contributed by atoms with E-state index in [1.54, 1.807) is 24.3 Å². The van der Waals surface area contributed by atoms with E-state index in [-0.39, 0.29) is 18.4 Å². The molecular formula is C13H16N2O3. The van der Waals surface area contributed by atoms with Crippen LogP contribution in [0.2, 0.25) is 0 Å². The van der Waals surface area contributed by atoms with Crippen LogP contribution in [-0.4, -0.2) is 23.5 Å². The first-order chi connectivity index (χ1) is 8.50. The molecule has 2 unspecified atom stereocenters. The predicted molar refractivity (Wildman–Crippen MR) is 68.1 cm³/mol. The summed E-state index contributed by atoms with van der Waals surface area (Å²) < 4.78 is 0. The summed E-state index contributed by atoms with van der Waals surface area (Å²) in [6.45, 7) is 1.63. The van der Waals surface area contributed by atoms with Gasteiger partial charge in [0.25, 0.3) is 0 Å². The van der Waals surface area contributed by atoms with E-state index in [0.717, 1.165) is 6.42 Å². The van der Waals surface area contributed by atoms with E-state index in [1.807, 2.05) is 6.92 Å². The van der Waals surface area contributed by atoms with Gasteiger partial charge in [-0.15, -0.1) is 0 Å². The number of nitrogen functional groups attached to an aromatic ring is 1. The molecule has 0 spiro atoms. The molecule has 0 bridgehead atoms. The number of anilines is 2. The lowest BCUT2D eigenvalue weighted by atomic mass is 10.2. The number of hydrogen-bond donors (Lipinski definition) is 2. The molecule has 0 aliphatic heterocycles. The maximum absolute atomic E-state index is 12.2. The molecule has 18 heavy (non-hydrogen) atoms. The Morgan fingerprint density at radius 3 is 2.56 bits per heavy atom. The van der Waals surface area contributed by atoms with E-state index < -0.39 is 5.97 Å². The molecule has 5 heteroatoms. The highest BCUT2D eigenvalue weighted by molar-refractivity contribution is 6.02. The molecule has 1 aliphatic rings. The SMILES string of the molecule is CC1CC1C(=O)N(CC(=O)O)c1ccccc1N. The van der Waals surface area contributed by atoms with Crippen LogP contribution in [-0.2, 0) is 9.59 Å². The van der Waals surface area contributed by atoms with E-state index in [9.17, 15) is 9.59 Å². The Morgan fingerprint density at radius 1 is 1.44 bits per heavy atom. The van der Waals surface area contributed by atoms with Gasteiger partial charge in [-0.3, -0.25) is 14.5 Å². The number of amides is 1. The van der Waals surface area contributed by atoms with Gasteiger partial charge in [-0.25, -0.2) is 0 Å². The number of nitrogens with two attached hydrogens (primary N) is 1. The van der Waals surface area contributed by atoms with Gasteiger partial charge >= 0.3 is 5.97 Å². The number of carboxylic acid groups (broad SMARTS) is 1. The van der Waals surface area contributed by atoms with Crippen molar-refractivity contribution in [2.75, 3.05) is 17.2 Å². The number of benzene rings is 1. The number of hydrogen-bond acceptors (Lipinski definition) is 3. The summed E-state index contributed by atoms with van der Waals surface area (Å²) in [5.74, 6) is -0.926. The monoisotopic (exact) mass is 248 g/mol. The Kier molecular flexibility index (Phi) is 3.23. The molecule has 0 saturated heterocycles. The number of carbonyl (C=O) groups is 2. The maximum atomic E-state index is 12.2. The Labute approximate surface area is 105 Å². The number of nitrogens with zero attached hydrogens (tertiary/aromatic N) is 1. The van der Waals surface area contributed by atoms with Gasteiger partial charge in [0.05, 0.1) is 11.4 Å². The summed E-state index contributed by atoms with van der Waals surface area (Å²) in [4.78, 5) is 24.4. The Balaban J connectivity index is 2.28. The zero-order valence-electron chi connectivity index (χ0n) is 10.2. The molecule has 0 radical (unpaired) electrons. The third kappa shape index (κ3) is 2.45. The van der Waals surface area contributed by atoms with Gasteiger partial charge in [-0.05, 0) is 24.5 Å². The number of aliphatic carboxylic acids is 1. The van der Waals surface area contributed by atoms with Gasteiger partial charge in [-0.1, -0.05) is 19.1 Å². The third-order valence-corrected chi connectivity index (χ3v) is 3.21. The van der Waals surface area contributed by atoms with Gasteiger partial charge < -0.3 is 10.8 Å². The van der Waals surface area contributed by atoms with E-state index in [1.165, 1.54) is 4.90 Å². The summed E-state index contributed by atoms with van der Waals surface area (Å²) in [6.07, 6.45) is 0.821. The number of rotatable bonds is 4. The van der Waals surface area contributed by atoms with Crippen LogP contribution < -0.4 is 10.6 Å². The van der Waals surface area contributed by atoms with Crippen molar-refractivity contribution in [2.24, 2.45) is 11.8 Å². The van der Waals surface area contributed by atoms with Gasteiger partial charge in [-0.2, -0.15) is 0 Å². The smallest absolute Gasteiger partial charge is 0.323 e. The number of para-hydroxylation sites is 2. The zero-order valence-corrected chi connectivity index (χ0v) is 10.2. The molecule has 1 aromatic carbocycles. The highest BCUT2D eigenvalue weighted by Crippen LogP contribution is 2.40. The van der Waals surface area contributed by atoms with Crippen molar-refractivity contribution >= 4 is 23.3 Å². The molecule has 0 heterocycles. The lowest BCUT2D eigenvalue weighted by Crippen LogP contribution is -2.37. The van der Waals surface area contributed by atoms with Crippen LogP contribution in [0.25, 0.3) is 0 Å². The molecule has 1 fully saturated rings. The fraction of sp³-hybridized carbons (Fsp3) is 0.385. The van der Waals surface area contributed by atoms with E-state index in [0.29, 0.717) is 17.3 Å². The molecule has 2 rings (SSSR count). The number of carboxylic acids is 1. The lowest BCUT2D eigenvalue weighted by Gasteiger charge is -2.22. The van der Waals surface area contributed by atoms with Crippen molar-refractivity contribution < 1.29 is 14.7 Å². The number of carbonyl (C=O) groups excluding carboxylic acids is 1. The first-order valence-electron chi connectivity index (χ1n) is 5.88. The van der Waals surface area contributed by atoms with Gasteiger partial charge in [0.1, 0.15) is 6.54 Å². The highest BCUT2D eigenvalue weighted by Gasteiger charge is 2.42. The first-order valence-corrected chi connectivity index (χ1v) is 5.88. The second-order valence-corrected chi connectivity index (χ2v) is 4.70. The topological polar surface area (TPSA) is 83.6 Å². The summed E-state index contributed by atoms with van der Waals surface area (Å²) in [5, 5.41) is 8.92. The van der Waals surface area contributed by atoms with Crippen LogP contribution in [0.4, 0.5) is 11.4 Å². The van der Waals surface area contributed by atoms with Gasteiger partial charge in [0.15, 0.2) is 0 Å². The Hall–Kier alpha value is -2.04. The second kappa shape index (κ2) is 4.68. The quantitative estimate of drug-likeness (QED) is 0.788. The van der Waals surface area contributed by atoms with Crippen molar-refractivity contribution in [2.45, 2.75) is 13.3 Å². The van der Waals surface area contributed by atoms with E-state index in [4.69, 9.17) is 10.8 Å². The molecule has 0 aromatic heterocycles. The molecule has 1 aliphatic carbocycles. The zero-order chi connectivity index (χ0) is 13.3. The minimum Gasteiger partial charge on any atom is -0.480 e. The summed E-state index contributed by atoms with van der Waals surface area (Å²) in [6, 6.07) is 6.82. The van der Waals surface area contributed by atoms with Crippen LogP contribution in [0.5, 0.6) is 0 Å². The molecule has 3 N–H and O–H groups in total. The van der Waals surface area contributed by atoms with Gasteiger partial charge in [0.2, 0.25) is 5.91 Å². The normalized spacial score (nSPS) is 21.4. The Morgan fingerprint density at radius 2 is 2.06 bits per heavy atom. The summed E-state index contributed by atoms with van der Waals surface area (Å²) in [7, 11) is 0. The van der Waals surface area contributed by atoms with Crippen LogP contribution in [0, 0.1) is 11.8 Å². The van der Waals surface area contributed by atoms with Crippen LogP contribution in [0.3, 0.4) is 0 Å². The highest BCUT2D eigenvalue weighted by atomic mass is 16.4. The van der Waals surface area contributed by atoms with E-state index in [2.05, 4.69) is 0 Å². The minimum atomic E-state index is -1.04. The third-order valence-electron chi connectivity index (χ3n) is 3.21. The summed E-state index contributed by atoms with van der Waals surface area (Å²) in [5.41, 5.74) is 6.70. The predicted octanol–water partition coefficient (Wildman–Crippen LogP) is 1.34. The van der Waals surface area contributed by atoms with E-state index >= 15 is 0 Å². The Bertz CT molecular complexity index is 487. The average Bonchev–Trinajstić information content (AvgIpc) is 3.03. The lowest BCUT2D eigenvalue weighted by molar-refractivity contribution is -0.136. The largest absolute Gasteiger partial charge is 0.480 e. The first kappa shape index (κ1) is 12.4. The van der Waals surface area contributed by atoms with Gasteiger partial charge in [0, 0.05) is 5.92 Å². The molecule has 2 atom stereocenters. The second-order valence-electron chi connectivity index (χ2n) is 4.70. The fourth-order valence-electron chi connectivity index (χ4n) is 2.02. The minimum absolute atomic E-state index is 0.0658. The molecule has 5 nitrogen and oxygen atoms in total. The molecule has 1 aromatic rings. The van der Waals surface area contributed by atoms with Crippen LogP contribution >= 0.6 is 0 Å². The summed E-state index contributed by atoms with van der Waals surface area (Å²) >= 11 is 0. The fourth-order valence-corrected chi connectivity index (χ4v) is 2.02. The van der Waals surface area contributed by atoms with Crippen molar-refractivity contribution in [3.8, 4) is 0 Å². The van der Waals surface area contributed by atoms with Crippen LogP contribution in [0.15, 0.2) is 24.3 Å². The molecule has 1 saturated carbocycles.